The fourth-order valence-electron chi connectivity index (χ4n) is 2.32. The van der Waals surface area contributed by atoms with E-state index in [1.54, 1.807) is 6.20 Å². The van der Waals surface area contributed by atoms with Crippen LogP contribution in [0.25, 0.3) is 0 Å². The molecule has 88 valence electrons. The zero-order chi connectivity index (χ0) is 11.7. The van der Waals surface area contributed by atoms with Gasteiger partial charge in [0, 0.05) is 12.6 Å². The van der Waals surface area contributed by atoms with Crippen LogP contribution in [0, 0.1) is 6.92 Å². The molecule has 1 aromatic rings. The van der Waals surface area contributed by atoms with Gasteiger partial charge in [-0.05, 0) is 47.7 Å². The number of anilines is 2. The summed E-state index contributed by atoms with van der Waals surface area (Å²) in [5, 5.41) is 0. The van der Waals surface area contributed by atoms with Crippen molar-refractivity contribution in [2.24, 2.45) is 0 Å². The van der Waals surface area contributed by atoms with Gasteiger partial charge in [0.15, 0.2) is 0 Å². The second-order valence-corrected chi connectivity index (χ2v) is 5.17. The highest BCUT2D eigenvalue weighted by Crippen LogP contribution is 2.34. The molecule has 2 N–H and O–H groups in total. The highest BCUT2D eigenvalue weighted by Gasteiger charge is 2.26. The van der Waals surface area contributed by atoms with Crippen molar-refractivity contribution in [2.45, 2.75) is 39.2 Å². The number of aromatic nitrogens is 1. The van der Waals surface area contributed by atoms with Crippen molar-refractivity contribution in [1.82, 2.24) is 4.98 Å². The van der Waals surface area contributed by atoms with Gasteiger partial charge in [-0.25, -0.2) is 4.98 Å². The number of hydrogen-bond acceptors (Lipinski definition) is 3. The smallest absolute Gasteiger partial charge is 0.143 e. The van der Waals surface area contributed by atoms with Crippen molar-refractivity contribution >= 4 is 27.4 Å². The number of halogens is 1. The van der Waals surface area contributed by atoms with Crippen molar-refractivity contribution < 1.29 is 0 Å². The number of hydrogen-bond donors (Lipinski definition) is 1. The molecule has 1 aromatic heterocycles. The maximum absolute atomic E-state index is 5.84. The average Bonchev–Trinajstić information content (AvgIpc) is 2.74. The largest absolute Gasteiger partial charge is 0.397 e. The van der Waals surface area contributed by atoms with Crippen LogP contribution in [0.1, 0.15) is 31.7 Å². The van der Waals surface area contributed by atoms with Crippen LogP contribution in [0.5, 0.6) is 0 Å². The Morgan fingerprint density at radius 2 is 2.38 bits per heavy atom. The number of nitrogens with two attached hydrogens (primary N) is 1. The number of nitrogens with zero attached hydrogens (tertiary/aromatic N) is 2. The molecule has 0 amide bonds. The van der Waals surface area contributed by atoms with Crippen LogP contribution >= 0.6 is 15.9 Å². The Morgan fingerprint density at radius 1 is 1.62 bits per heavy atom. The number of nitrogen functional groups attached to an aromatic ring is 1. The minimum Gasteiger partial charge on any atom is -0.397 e. The van der Waals surface area contributed by atoms with Crippen molar-refractivity contribution in [1.29, 1.82) is 0 Å². The maximum Gasteiger partial charge on any atom is 0.143 e. The van der Waals surface area contributed by atoms with E-state index >= 15 is 0 Å². The van der Waals surface area contributed by atoms with E-state index < -0.39 is 0 Å². The highest BCUT2D eigenvalue weighted by molar-refractivity contribution is 9.10. The van der Waals surface area contributed by atoms with E-state index in [1.165, 1.54) is 19.3 Å². The van der Waals surface area contributed by atoms with Gasteiger partial charge in [0.05, 0.1) is 16.4 Å². The fourth-order valence-corrected chi connectivity index (χ4v) is 2.88. The first kappa shape index (κ1) is 11.7. The maximum atomic E-state index is 5.84. The van der Waals surface area contributed by atoms with Gasteiger partial charge in [-0.2, -0.15) is 0 Å². The molecule has 1 atom stereocenters. The predicted molar refractivity (Wildman–Crippen MR) is 71.7 cm³/mol. The molecule has 0 spiro atoms. The molecule has 1 aliphatic rings. The molecular formula is C12H18BrN3. The van der Waals surface area contributed by atoms with Crippen LogP contribution in [-0.2, 0) is 0 Å². The van der Waals surface area contributed by atoms with Gasteiger partial charge in [0.25, 0.3) is 0 Å². The van der Waals surface area contributed by atoms with Crippen molar-refractivity contribution in [2.75, 3.05) is 17.2 Å². The third kappa shape index (κ3) is 1.90. The van der Waals surface area contributed by atoms with Gasteiger partial charge in [0.2, 0.25) is 0 Å². The monoisotopic (exact) mass is 283 g/mol. The van der Waals surface area contributed by atoms with E-state index in [9.17, 15) is 0 Å². The topological polar surface area (TPSA) is 42.2 Å². The van der Waals surface area contributed by atoms with Crippen LogP contribution in [-0.4, -0.2) is 17.6 Å². The summed E-state index contributed by atoms with van der Waals surface area (Å²) >= 11 is 3.61. The SMILES string of the molecule is CCC1CCCN1c1ncc(N)c(C)c1Br. The molecule has 0 aromatic carbocycles. The Hall–Kier alpha value is -0.770. The van der Waals surface area contributed by atoms with Gasteiger partial charge in [-0.3, -0.25) is 0 Å². The molecule has 3 nitrogen and oxygen atoms in total. The molecule has 1 fully saturated rings. The Bertz CT molecular complexity index is 392. The number of rotatable bonds is 2. The van der Waals surface area contributed by atoms with E-state index in [0.717, 1.165) is 28.1 Å². The van der Waals surface area contributed by atoms with Crippen LogP contribution in [0.3, 0.4) is 0 Å². The zero-order valence-corrected chi connectivity index (χ0v) is 11.4. The lowest BCUT2D eigenvalue weighted by Crippen LogP contribution is -2.29. The summed E-state index contributed by atoms with van der Waals surface area (Å²) in [6.45, 7) is 5.37. The third-order valence-corrected chi connectivity index (χ3v) is 4.35. The van der Waals surface area contributed by atoms with Crippen LogP contribution in [0.4, 0.5) is 11.5 Å². The van der Waals surface area contributed by atoms with Crippen molar-refractivity contribution in [3.63, 3.8) is 0 Å². The normalized spacial score (nSPS) is 20.4. The average molecular weight is 284 g/mol. The second kappa shape index (κ2) is 4.62. The minimum atomic E-state index is 0.631. The Labute approximate surface area is 105 Å². The first-order chi connectivity index (χ1) is 7.65. The lowest BCUT2D eigenvalue weighted by atomic mass is 10.1. The summed E-state index contributed by atoms with van der Waals surface area (Å²) in [7, 11) is 0. The van der Waals surface area contributed by atoms with E-state index in [1.807, 2.05) is 6.92 Å². The highest BCUT2D eigenvalue weighted by atomic mass is 79.9. The molecule has 0 bridgehead atoms. The van der Waals surface area contributed by atoms with E-state index in [-0.39, 0.29) is 0 Å². The molecule has 1 saturated heterocycles. The van der Waals surface area contributed by atoms with Crippen LogP contribution in [0.2, 0.25) is 0 Å². The molecule has 1 unspecified atom stereocenters. The summed E-state index contributed by atoms with van der Waals surface area (Å²) in [4.78, 5) is 6.87. The molecule has 0 aliphatic carbocycles. The first-order valence-corrected chi connectivity index (χ1v) is 6.61. The van der Waals surface area contributed by atoms with Gasteiger partial charge >= 0.3 is 0 Å². The van der Waals surface area contributed by atoms with Gasteiger partial charge in [0.1, 0.15) is 5.82 Å². The van der Waals surface area contributed by atoms with Gasteiger partial charge < -0.3 is 10.6 Å². The first-order valence-electron chi connectivity index (χ1n) is 5.82. The Balaban J connectivity index is 2.37. The summed E-state index contributed by atoms with van der Waals surface area (Å²) in [5.41, 5.74) is 7.69. The molecule has 0 radical (unpaired) electrons. The summed E-state index contributed by atoms with van der Waals surface area (Å²) in [6.07, 6.45) is 5.47. The Morgan fingerprint density at radius 3 is 3.06 bits per heavy atom. The van der Waals surface area contributed by atoms with Crippen molar-refractivity contribution in [3.8, 4) is 0 Å². The molecular weight excluding hydrogens is 266 g/mol. The molecule has 1 aliphatic heterocycles. The lowest BCUT2D eigenvalue weighted by Gasteiger charge is -2.26. The minimum absolute atomic E-state index is 0.631. The van der Waals surface area contributed by atoms with Crippen LogP contribution < -0.4 is 10.6 Å². The van der Waals surface area contributed by atoms with Crippen molar-refractivity contribution in [3.05, 3.63) is 16.2 Å². The summed E-state index contributed by atoms with van der Waals surface area (Å²) in [6, 6.07) is 0.631. The zero-order valence-electron chi connectivity index (χ0n) is 9.83. The molecule has 4 heteroatoms. The number of pyridine rings is 1. The van der Waals surface area contributed by atoms with E-state index in [0.29, 0.717) is 6.04 Å². The molecule has 16 heavy (non-hydrogen) atoms. The van der Waals surface area contributed by atoms with E-state index in [4.69, 9.17) is 5.73 Å². The predicted octanol–water partition coefficient (Wildman–Crippen LogP) is 3.11. The van der Waals surface area contributed by atoms with Gasteiger partial charge in [-0.15, -0.1) is 0 Å². The molecule has 2 rings (SSSR count). The Kier molecular flexibility index (Phi) is 3.38. The van der Waals surface area contributed by atoms with E-state index in [2.05, 4.69) is 32.7 Å². The summed E-state index contributed by atoms with van der Waals surface area (Å²) < 4.78 is 1.05. The van der Waals surface area contributed by atoms with Gasteiger partial charge in [-0.1, -0.05) is 6.92 Å². The quantitative estimate of drug-likeness (QED) is 0.907. The fraction of sp³-hybridized carbons (Fsp3) is 0.583. The molecule has 0 saturated carbocycles. The molecule has 2 heterocycles. The van der Waals surface area contributed by atoms with Crippen LogP contribution in [0.15, 0.2) is 10.7 Å². The third-order valence-electron chi connectivity index (χ3n) is 3.40. The standard InChI is InChI=1S/C12H18BrN3/c1-3-9-5-4-6-16(9)12-11(13)8(2)10(14)7-15-12/h7,9H,3-6,14H2,1-2H3. The lowest BCUT2D eigenvalue weighted by molar-refractivity contribution is 0.639. The summed E-state index contributed by atoms with van der Waals surface area (Å²) in [5.74, 6) is 1.05. The second-order valence-electron chi connectivity index (χ2n) is 4.37.